The maximum absolute atomic E-state index is 6.55. The van der Waals surface area contributed by atoms with Gasteiger partial charge in [-0.25, -0.2) is 0 Å². The summed E-state index contributed by atoms with van der Waals surface area (Å²) in [4.78, 5) is 0. The Balaban J connectivity index is 2.79. The van der Waals surface area contributed by atoms with Gasteiger partial charge in [-0.2, -0.15) is 0 Å². The van der Waals surface area contributed by atoms with Crippen molar-refractivity contribution in [1.82, 2.24) is 0 Å². The molecule has 0 spiro atoms. The second-order valence-electron chi connectivity index (χ2n) is 4.93. The fourth-order valence-corrected chi connectivity index (χ4v) is 5.37. The fourth-order valence-electron chi connectivity index (χ4n) is 2.67. The standard InChI is InChI=1S/C14H28OSi/c1-5-13-11-9-10-12-14(13)15-16(6-2,7-3)8-4/h5-12H2,1-4H3. The average molecular weight is 240 g/mol. The van der Waals surface area contributed by atoms with Gasteiger partial charge in [-0.15, -0.1) is 0 Å². The molecule has 0 bridgehead atoms. The van der Waals surface area contributed by atoms with Gasteiger partial charge in [0, 0.05) is 6.42 Å². The van der Waals surface area contributed by atoms with Crippen LogP contribution in [0.5, 0.6) is 0 Å². The molecular formula is C14H28OSi. The van der Waals surface area contributed by atoms with Crippen LogP contribution in [0.1, 0.15) is 59.8 Å². The highest BCUT2D eigenvalue weighted by atomic mass is 28.4. The van der Waals surface area contributed by atoms with Crippen molar-refractivity contribution in [2.45, 2.75) is 77.9 Å². The van der Waals surface area contributed by atoms with Crippen molar-refractivity contribution in [1.29, 1.82) is 0 Å². The molecule has 1 nitrogen and oxygen atoms in total. The van der Waals surface area contributed by atoms with Crippen molar-refractivity contribution in [3.05, 3.63) is 11.3 Å². The van der Waals surface area contributed by atoms with E-state index in [9.17, 15) is 0 Å². The van der Waals surface area contributed by atoms with Crippen LogP contribution in [0, 0.1) is 0 Å². The zero-order valence-corrected chi connectivity index (χ0v) is 12.6. The predicted molar refractivity (Wildman–Crippen MR) is 74.1 cm³/mol. The molecule has 94 valence electrons. The Hall–Kier alpha value is -0.243. The molecule has 0 N–H and O–H groups in total. The first-order chi connectivity index (χ1) is 7.71. The highest BCUT2D eigenvalue weighted by Crippen LogP contribution is 2.33. The van der Waals surface area contributed by atoms with Gasteiger partial charge in [-0.3, -0.25) is 0 Å². The molecule has 0 atom stereocenters. The van der Waals surface area contributed by atoms with Gasteiger partial charge in [0.15, 0.2) is 0 Å². The molecule has 0 saturated heterocycles. The molecule has 0 heterocycles. The Kier molecular flexibility index (Phi) is 5.60. The van der Waals surface area contributed by atoms with Crippen molar-refractivity contribution in [2.24, 2.45) is 0 Å². The largest absolute Gasteiger partial charge is 0.547 e. The Morgan fingerprint density at radius 3 is 2.00 bits per heavy atom. The van der Waals surface area contributed by atoms with Crippen LogP contribution in [0.15, 0.2) is 11.3 Å². The third kappa shape index (κ3) is 3.13. The topological polar surface area (TPSA) is 9.23 Å². The molecule has 16 heavy (non-hydrogen) atoms. The fraction of sp³-hybridized carbons (Fsp3) is 0.857. The Bertz CT molecular complexity index is 233. The SMILES string of the molecule is CCC1=C(O[Si](CC)(CC)CC)CCCC1. The predicted octanol–water partition coefficient (Wildman–Crippen LogP) is 5.25. The number of hydrogen-bond acceptors (Lipinski definition) is 1. The van der Waals surface area contributed by atoms with Crippen molar-refractivity contribution < 1.29 is 4.43 Å². The van der Waals surface area contributed by atoms with Crippen LogP contribution in [0.4, 0.5) is 0 Å². The molecule has 0 aromatic rings. The average Bonchev–Trinajstić information content (AvgIpc) is 2.36. The smallest absolute Gasteiger partial charge is 0.250 e. The van der Waals surface area contributed by atoms with Gasteiger partial charge >= 0.3 is 0 Å². The molecule has 0 saturated carbocycles. The monoisotopic (exact) mass is 240 g/mol. The van der Waals surface area contributed by atoms with E-state index in [1.807, 2.05) is 0 Å². The Morgan fingerprint density at radius 2 is 1.50 bits per heavy atom. The summed E-state index contributed by atoms with van der Waals surface area (Å²) in [7, 11) is -1.42. The molecule has 1 aliphatic rings. The van der Waals surface area contributed by atoms with E-state index in [1.165, 1.54) is 56.0 Å². The van der Waals surface area contributed by atoms with Crippen LogP contribution in [0.25, 0.3) is 0 Å². The molecule has 1 aliphatic carbocycles. The van der Waals surface area contributed by atoms with Crippen LogP contribution >= 0.6 is 0 Å². The number of rotatable bonds is 6. The van der Waals surface area contributed by atoms with Gasteiger partial charge in [-0.1, -0.05) is 27.7 Å². The minimum Gasteiger partial charge on any atom is -0.547 e. The second-order valence-corrected chi connectivity index (χ2v) is 9.62. The van der Waals surface area contributed by atoms with Crippen LogP contribution in [0.2, 0.25) is 18.1 Å². The third-order valence-electron chi connectivity index (χ3n) is 4.23. The van der Waals surface area contributed by atoms with Crippen molar-refractivity contribution >= 4 is 8.32 Å². The lowest BCUT2D eigenvalue weighted by Crippen LogP contribution is -2.36. The molecule has 0 aromatic heterocycles. The molecule has 0 amide bonds. The Labute approximate surface area is 102 Å². The van der Waals surface area contributed by atoms with E-state index in [2.05, 4.69) is 27.7 Å². The first-order valence-corrected chi connectivity index (χ1v) is 9.64. The zero-order chi connectivity index (χ0) is 12.0. The molecule has 0 aliphatic heterocycles. The summed E-state index contributed by atoms with van der Waals surface area (Å²) in [6.07, 6.45) is 6.39. The van der Waals surface area contributed by atoms with Crippen LogP contribution < -0.4 is 0 Å². The lowest BCUT2D eigenvalue weighted by atomic mass is 9.96. The Morgan fingerprint density at radius 1 is 0.938 bits per heavy atom. The molecule has 2 heteroatoms. The first-order valence-electron chi connectivity index (χ1n) is 7.11. The summed E-state index contributed by atoms with van der Waals surface area (Å²) in [6.45, 7) is 9.22. The third-order valence-corrected chi connectivity index (χ3v) is 8.77. The maximum atomic E-state index is 6.55. The minimum absolute atomic E-state index is 1.19. The zero-order valence-electron chi connectivity index (χ0n) is 11.6. The van der Waals surface area contributed by atoms with Gasteiger partial charge in [0.1, 0.15) is 0 Å². The van der Waals surface area contributed by atoms with E-state index < -0.39 is 8.32 Å². The maximum Gasteiger partial charge on any atom is 0.250 e. The molecule has 1 rings (SSSR count). The normalized spacial score (nSPS) is 17.8. The van der Waals surface area contributed by atoms with Crippen LogP contribution in [0.3, 0.4) is 0 Å². The summed E-state index contributed by atoms with van der Waals surface area (Å²) >= 11 is 0. The van der Waals surface area contributed by atoms with E-state index >= 15 is 0 Å². The summed E-state index contributed by atoms with van der Waals surface area (Å²) in [5, 5.41) is 0. The van der Waals surface area contributed by atoms with Crippen molar-refractivity contribution in [2.75, 3.05) is 0 Å². The minimum atomic E-state index is -1.42. The lowest BCUT2D eigenvalue weighted by molar-refractivity contribution is 0.355. The van der Waals surface area contributed by atoms with Gasteiger partial charge in [-0.05, 0) is 49.4 Å². The second kappa shape index (κ2) is 6.48. The number of allylic oxidation sites excluding steroid dienone is 2. The summed E-state index contributed by atoms with van der Waals surface area (Å²) in [5.41, 5.74) is 1.61. The molecule has 0 aromatic carbocycles. The quantitative estimate of drug-likeness (QED) is 0.576. The van der Waals surface area contributed by atoms with E-state index in [0.29, 0.717) is 0 Å². The van der Waals surface area contributed by atoms with Gasteiger partial charge in [0.2, 0.25) is 8.32 Å². The van der Waals surface area contributed by atoms with Gasteiger partial charge in [0.25, 0.3) is 0 Å². The summed E-state index contributed by atoms with van der Waals surface area (Å²) < 4.78 is 6.55. The molecule has 0 unspecified atom stereocenters. The van der Waals surface area contributed by atoms with Crippen molar-refractivity contribution in [3.8, 4) is 0 Å². The number of hydrogen-bond donors (Lipinski definition) is 0. The van der Waals surface area contributed by atoms with E-state index in [1.54, 1.807) is 5.57 Å². The van der Waals surface area contributed by atoms with E-state index in [0.717, 1.165) is 0 Å². The highest BCUT2D eigenvalue weighted by Gasteiger charge is 2.32. The van der Waals surface area contributed by atoms with Gasteiger partial charge in [0.05, 0.1) is 5.76 Å². The van der Waals surface area contributed by atoms with Crippen LogP contribution in [-0.2, 0) is 4.43 Å². The van der Waals surface area contributed by atoms with Crippen molar-refractivity contribution in [3.63, 3.8) is 0 Å². The van der Waals surface area contributed by atoms with Crippen LogP contribution in [-0.4, -0.2) is 8.32 Å². The molecule has 0 radical (unpaired) electrons. The van der Waals surface area contributed by atoms with E-state index in [-0.39, 0.29) is 0 Å². The summed E-state index contributed by atoms with van der Waals surface area (Å²) in [6, 6.07) is 3.79. The molecule has 0 fully saturated rings. The lowest BCUT2D eigenvalue weighted by Gasteiger charge is -2.33. The van der Waals surface area contributed by atoms with E-state index in [4.69, 9.17) is 4.43 Å². The summed E-state index contributed by atoms with van der Waals surface area (Å²) in [5.74, 6) is 1.39. The highest BCUT2D eigenvalue weighted by molar-refractivity contribution is 6.73. The first kappa shape index (κ1) is 13.8. The molecular weight excluding hydrogens is 212 g/mol. The van der Waals surface area contributed by atoms with Gasteiger partial charge < -0.3 is 4.43 Å².